The molecule has 0 aromatic rings. The fraction of sp³-hybridized carbons (Fsp3) is 0.857. The largest absolute Gasteiger partial charge is 0.352 e. The third kappa shape index (κ3) is 2.76. The predicted octanol–water partition coefficient (Wildman–Crippen LogP) is 0.487. The van der Waals surface area contributed by atoms with Crippen LogP contribution >= 0.6 is 0 Å². The van der Waals surface area contributed by atoms with Crippen LogP contribution in [-0.2, 0) is 9.59 Å². The van der Waals surface area contributed by atoms with E-state index in [0.29, 0.717) is 19.0 Å². The monoisotopic (exact) mass is 267 g/mol. The molecule has 3 atom stereocenters. The van der Waals surface area contributed by atoms with Crippen molar-refractivity contribution >= 4 is 11.8 Å². The highest BCUT2D eigenvalue weighted by Crippen LogP contribution is 2.31. The molecule has 2 fully saturated rings. The van der Waals surface area contributed by atoms with Crippen LogP contribution in [0.3, 0.4) is 0 Å². The zero-order valence-electron chi connectivity index (χ0n) is 12.1. The summed E-state index contributed by atoms with van der Waals surface area (Å²) in [4.78, 5) is 26.3. The second-order valence-electron chi connectivity index (χ2n) is 6.57. The Morgan fingerprint density at radius 1 is 1.37 bits per heavy atom. The Balaban J connectivity index is 2.12. The molecule has 1 heterocycles. The molecule has 0 aromatic carbocycles. The number of nitrogens with two attached hydrogens (primary N) is 1. The number of nitrogens with one attached hydrogen (secondary N) is 1. The van der Waals surface area contributed by atoms with Crippen LogP contribution in [0, 0.1) is 11.8 Å². The summed E-state index contributed by atoms with van der Waals surface area (Å²) in [5, 5.41) is 2.82. The van der Waals surface area contributed by atoms with Crippen LogP contribution in [0.5, 0.6) is 0 Å². The van der Waals surface area contributed by atoms with Gasteiger partial charge >= 0.3 is 0 Å². The number of amides is 2. The van der Waals surface area contributed by atoms with Crippen molar-refractivity contribution in [1.29, 1.82) is 0 Å². The molecule has 3 unspecified atom stereocenters. The molecule has 0 bridgehead atoms. The molecule has 2 rings (SSSR count). The van der Waals surface area contributed by atoms with E-state index in [0.717, 1.165) is 19.3 Å². The lowest BCUT2D eigenvalue weighted by Crippen LogP contribution is -2.64. The molecule has 1 aliphatic carbocycles. The summed E-state index contributed by atoms with van der Waals surface area (Å²) in [7, 11) is 0. The molecule has 19 heavy (non-hydrogen) atoms. The zero-order valence-corrected chi connectivity index (χ0v) is 12.1. The van der Waals surface area contributed by atoms with E-state index in [1.165, 1.54) is 0 Å². The number of rotatable bonds is 1. The van der Waals surface area contributed by atoms with Crippen LogP contribution in [-0.4, -0.2) is 41.4 Å². The molecule has 0 aromatic heterocycles. The Morgan fingerprint density at radius 3 is 2.68 bits per heavy atom. The van der Waals surface area contributed by atoms with Gasteiger partial charge in [-0.25, -0.2) is 0 Å². The van der Waals surface area contributed by atoms with Crippen LogP contribution in [0.2, 0.25) is 0 Å². The first-order chi connectivity index (χ1) is 8.82. The molecule has 2 amide bonds. The summed E-state index contributed by atoms with van der Waals surface area (Å²) < 4.78 is 0. The van der Waals surface area contributed by atoms with E-state index < -0.39 is 5.54 Å². The molecule has 0 spiro atoms. The van der Waals surface area contributed by atoms with Gasteiger partial charge in [0, 0.05) is 25.0 Å². The van der Waals surface area contributed by atoms with Crippen LogP contribution in [0.25, 0.3) is 0 Å². The Bertz CT molecular complexity index is 371. The van der Waals surface area contributed by atoms with E-state index >= 15 is 0 Å². The van der Waals surface area contributed by atoms with Crippen molar-refractivity contribution in [2.75, 3.05) is 13.1 Å². The normalized spacial score (nSPS) is 34.8. The van der Waals surface area contributed by atoms with Gasteiger partial charge in [-0.1, -0.05) is 6.92 Å². The van der Waals surface area contributed by atoms with Crippen LogP contribution < -0.4 is 11.1 Å². The molecule has 108 valence electrons. The maximum atomic E-state index is 12.7. The summed E-state index contributed by atoms with van der Waals surface area (Å²) in [5.41, 5.74) is 5.28. The Hall–Kier alpha value is -1.10. The SMILES string of the molecule is CC1CC(N)CC(C(=O)N2CCNC(=O)C2(C)C)C1. The van der Waals surface area contributed by atoms with Crippen molar-refractivity contribution in [3.05, 3.63) is 0 Å². The first-order valence-corrected chi connectivity index (χ1v) is 7.17. The summed E-state index contributed by atoms with van der Waals surface area (Å²) in [6, 6.07) is 0.111. The highest BCUT2D eigenvalue weighted by atomic mass is 16.2. The molecule has 1 saturated carbocycles. The summed E-state index contributed by atoms with van der Waals surface area (Å²) in [6.45, 7) is 6.91. The molecule has 2 aliphatic rings. The first-order valence-electron chi connectivity index (χ1n) is 7.17. The van der Waals surface area contributed by atoms with Gasteiger partial charge in [-0.2, -0.15) is 0 Å². The lowest BCUT2D eigenvalue weighted by atomic mass is 9.78. The Morgan fingerprint density at radius 2 is 2.05 bits per heavy atom. The number of nitrogens with zero attached hydrogens (tertiary/aromatic N) is 1. The minimum atomic E-state index is -0.750. The predicted molar refractivity (Wildman–Crippen MR) is 73.3 cm³/mol. The van der Waals surface area contributed by atoms with E-state index in [-0.39, 0.29) is 23.8 Å². The standard InChI is InChI=1S/C14H25N3O2/c1-9-6-10(8-11(15)7-9)12(18)17-5-4-16-13(19)14(17,2)3/h9-11H,4-8,15H2,1-3H3,(H,16,19). The van der Waals surface area contributed by atoms with E-state index in [9.17, 15) is 9.59 Å². The molecular weight excluding hydrogens is 242 g/mol. The topological polar surface area (TPSA) is 75.4 Å². The molecule has 1 aliphatic heterocycles. The van der Waals surface area contributed by atoms with Gasteiger partial charge in [-0.05, 0) is 39.0 Å². The average Bonchev–Trinajstić information content (AvgIpc) is 2.30. The Labute approximate surface area is 114 Å². The quantitative estimate of drug-likeness (QED) is 0.726. The van der Waals surface area contributed by atoms with Crippen molar-refractivity contribution in [2.24, 2.45) is 17.6 Å². The van der Waals surface area contributed by atoms with Gasteiger partial charge in [0.25, 0.3) is 0 Å². The minimum absolute atomic E-state index is 0.0241. The summed E-state index contributed by atoms with van der Waals surface area (Å²) in [6.07, 6.45) is 2.63. The van der Waals surface area contributed by atoms with E-state index in [1.807, 2.05) is 13.8 Å². The summed E-state index contributed by atoms with van der Waals surface area (Å²) >= 11 is 0. The molecule has 1 saturated heterocycles. The smallest absolute Gasteiger partial charge is 0.245 e. The second-order valence-corrected chi connectivity index (χ2v) is 6.57. The van der Waals surface area contributed by atoms with Crippen LogP contribution in [0.4, 0.5) is 0 Å². The minimum Gasteiger partial charge on any atom is -0.352 e. The van der Waals surface area contributed by atoms with Gasteiger partial charge in [0.2, 0.25) is 11.8 Å². The highest BCUT2D eigenvalue weighted by molar-refractivity contribution is 5.92. The van der Waals surface area contributed by atoms with Gasteiger partial charge in [-0.3, -0.25) is 9.59 Å². The maximum Gasteiger partial charge on any atom is 0.245 e. The van der Waals surface area contributed by atoms with Crippen molar-refractivity contribution in [3.8, 4) is 0 Å². The molecule has 3 N–H and O–H groups in total. The lowest BCUT2D eigenvalue weighted by Gasteiger charge is -2.44. The van der Waals surface area contributed by atoms with Gasteiger partial charge in [0.15, 0.2) is 0 Å². The fourth-order valence-corrected chi connectivity index (χ4v) is 3.36. The average molecular weight is 267 g/mol. The van der Waals surface area contributed by atoms with Crippen molar-refractivity contribution < 1.29 is 9.59 Å². The molecule has 0 radical (unpaired) electrons. The number of hydrogen-bond donors (Lipinski definition) is 2. The first kappa shape index (κ1) is 14.3. The van der Waals surface area contributed by atoms with E-state index in [2.05, 4.69) is 12.2 Å². The van der Waals surface area contributed by atoms with Gasteiger partial charge < -0.3 is 16.0 Å². The molecule has 5 heteroatoms. The second kappa shape index (κ2) is 5.12. The van der Waals surface area contributed by atoms with Crippen LogP contribution in [0.15, 0.2) is 0 Å². The number of piperazine rings is 1. The zero-order chi connectivity index (χ0) is 14.2. The van der Waals surface area contributed by atoms with Gasteiger partial charge in [-0.15, -0.1) is 0 Å². The fourth-order valence-electron chi connectivity index (χ4n) is 3.36. The van der Waals surface area contributed by atoms with Crippen molar-refractivity contribution in [3.63, 3.8) is 0 Å². The maximum absolute atomic E-state index is 12.7. The number of carbonyl (C=O) groups is 2. The van der Waals surface area contributed by atoms with E-state index in [1.54, 1.807) is 4.90 Å². The third-order valence-corrected chi connectivity index (χ3v) is 4.45. The third-order valence-electron chi connectivity index (χ3n) is 4.45. The van der Waals surface area contributed by atoms with Crippen LogP contribution in [0.1, 0.15) is 40.0 Å². The van der Waals surface area contributed by atoms with Gasteiger partial charge in [0.05, 0.1) is 0 Å². The molecule has 5 nitrogen and oxygen atoms in total. The highest BCUT2D eigenvalue weighted by Gasteiger charge is 2.43. The molecular formula is C14H25N3O2. The Kier molecular flexibility index (Phi) is 3.85. The van der Waals surface area contributed by atoms with E-state index in [4.69, 9.17) is 5.73 Å². The van der Waals surface area contributed by atoms with Crippen molar-refractivity contribution in [1.82, 2.24) is 10.2 Å². The number of hydrogen-bond acceptors (Lipinski definition) is 3. The lowest BCUT2D eigenvalue weighted by molar-refractivity contribution is -0.153. The summed E-state index contributed by atoms with van der Waals surface area (Å²) in [5.74, 6) is 0.491. The van der Waals surface area contributed by atoms with Crippen molar-refractivity contribution in [2.45, 2.75) is 51.6 Å². The van der Waals surface area contributed by atoms with Gasteiger partial charge in [0.1, 0.15) is 5.54 Å². The number of carbonyl (C=O) groups excluding carboxylic acids is 2.